The van der Waals surface area contributed by atoms with Crippen molar-refractivity contribution < 1.29 is 18.0 Å². The van der Waals surface area contributed by atoms with Crippen molar-refractivity contribution in [3.63, 3.8) is 0 Å². The molecule has 0 bridgehead atoms. The minimum atomic E-state index is -3.67. The first-order valence-corrected chi connectivity index (χ1v) is 13.6. The predicted octanol–water partition coefficient (Wildman–Crippen LogP) is 4.48. The van der Waals surface area contributed by atoms with Crippen molar-refractivity contribution in [3.8, 4) is 0 Å². The Kier molecular flexibility index (Phi) is 8.26. The molecule has 0 radical (unpaired) electrons. The molecule has 0 atom stereocenters. The third-order valence-corrected chi connectivity index (χ3v) is 8.15. The van der Waals surface area contributed by atoms with E-state index in [1.807, 2.05) is 0 Å². The molecule has 2 aromatic rings. The van der Waals surface area contributed by atoms with Crippen LogP contribution in [-0.4, -0.2) is 69.7 Å². The van der Waals surface area contributed by atoms with E-state index in [0.717, 1.165) is 56.8 Å². The average Bonchev–Trinajstić information content (AvgIpc) is 3.51. The third-order valence-electron chi connectivity index (χ3n) is 8.15. The van der Waals surface area contributed by atoms with Crippen LogP contribution >= 0.6 is 0 Å². The number of nitrogens with zero attached hydrogens (tertiary/aromatic N) is 6. The molecule has 1 aliphatic carbocycles. The average molecular weight is 520 g/mol. The summed E-state index contributed by atoms with van der Waals surface area (Å²) in [5.41, 5.74) is 2.43. The number of piperidine rings is 1. The van der Waals surface area contributed by atoms with E-state index < -0.39 is 6.68 Å². The normalized spacial score (nSPS) is 20.9. The molecular formula is C26H36F3N7O. The van der Waals surface area contributed by atoms with Crippen LogP contribution in [0, 0.1) is 0 Å². The zero-order valence-electron chi connectivity index (χ0n) is 21.2. The molecule has 4 aliphatic rings. The van der Waals surface area contributed by atoms with Gasteiger partial charge in [0.05, 0.1) is 5.69 Å². The molecule has 1 amide bonds. The first-order valence-electron chi connectivity index (χ1n) is 13.6. The topological polar surface area (TPSA) is 79.2 Å². The van der Waals surface area contributed by atoms with Crippen LogP contribution in [0.4, 0.5) is 24.8 Å². The standard InChI is InChI=1S/C25H35N7O.CHF3/c33-22-7-6-20-23(29-22)26-17-27-25(20)31-12-8-19(9-13-31)24-28-21(18-4-3-5-18)16-32(24)15-14-30-10-1-2-11-30;2-1(3)4/h16-19H,1-15H2,(H,26,27,29,33);1H. The number of carbonyl (C=O) groups excluding carboxylic acids is 1. The molecule has 202 valence electrons. The van der Waals surface area contributed by atoms with Gasteiger partial charge in [0.15, 0.2) is 0 Å². The van der Waals surface area contributed by atoms with Crippen molar-refractivity contribution in [1.29, 1.82) is 0 Å². The highest BCUT2D eigenvalue weighted by Crippen LogP contribution is 2.38. The van der Waals surface area contributed by atoms with Gasteiger partial charge in [0.2, 0.25) is 5.91 Å². The number of halogens is 3. The van der Waals surface area contributed by atoms with Gasteiger partial charge in [-0.15, -0.1) is 0 Å². The zero-order valence-corrected chi connectivity index (χ0v) is 21.2. The highest BCUT2D eigenvalue weighted by molar-refractivity contribution is 5.93. The van der Waals surface area contributed by atoms with E-state index in [1.165, 1.54) is 56.7 Å². The molecule has 37 heavy (non-hydrogen) atoms. The Morgan fingerprint density at radius 1 is 0.919 bits per heavy atom. The van der Waals surface area contributed by atoms with Crippen LogP contribution in [0.15, 0.2) is 12.5 Å². The van der Waals surface area contributed by atoms with Crippen LogP contribution in [0.25, 0.3) is 0 Å². The summed E-state index contributed by atoms with van der Waals surface area (Å²) in [6, 6.07) is 0. The second-order valence-corrected chi connectivity index (χ2v) is 10.5. The summed E-state index contributed by atoms with van der Waals surface area (Å²) in [7, 11) is 0. The molecule has 6 rings (SSSR count). The first kappa shape index (κ1) is 25.9. The molecule has 2 aromatic heterocycles. The number of likely N-dealkylation sites (tertiary alicyclic amines) is 1. The Morgan fingerprint density at radius 3 is 2.32 bits per heavy atom. The Morgan fingerprint density at radius 2 is 1.65 bits per heavy atom. The van der Waals surface area contributed by atoms with Gasteiger partial charge in [0, 0.05) is 56.2 Å². The number of hydrogen-bond acceptors (Lipinski definition) is 6. The first-order chi connectivity index (χ1) is 18.0. The molecule has 3 fully saturated rings. The number of nitrogens with one attached hydrogen (secondary N) is 1. The van der Waals surface area contributed by atoms with Crippen molar-refractivity contribution >= 4 is 17.5 Å². The van der Waals surface area contributed by atoms with Gasteiger partial charge in [-0.25, -0.2) is 15.0 Å². The van der Waals surface area contributed by atoms with Crippen LogP contribution in [0.2, 0.25) is 0 Å². The van der Waals surface area contributed by atoms with Gasteiger partial charge in [0.25, 0.3) is 0 Å². The van der Waals surface area contributed by atoms with Gasteiger partial charge < -0.3 is 19.7 Å². The van der Waals surface area contributed by atoms with Crippen LogP contribution < -0.4 is 10.2 Å². The van der Waals surface area contributed by atoms with E-state index in [2.05, 4.69) is 35.8 Å². The van der Waals surface area contributed by atoms with Crippen LogP contribution in [0.5, 0.6) is 0 Å². The van der Waals surface area contributed by atoms with Crippen LogP contribution in [0.1, 0.15) is 80.3 Å². The summed E-state index contributed by atoms with van der Waals surface area (Å²) < 4.78 is 31.5. The van der Waals surface area contributed by atoms with Crippen molar-refractivity contribution in [2.75, 3.05) is 42.9 Å². The second-order valence-electron chi connectivity index (χ2n) is 10.5. The smallest absolute Gasteiger partial charge is 0.356 e. The lowest BCUT2D eigenvalue weighted by Gasteiger charge is -2.34. The summed E-state index contributed by atoms with van der Waals surface area (Å²) >= 11 is 0. The van der Waals surface area contributed by atoms with E-state index in [0.29, 0.717) is 24.1 Å². The van der Waals surface area contributed by atoms with Crippen molar-refractivity contribution in [2.24, 2.45) is 0 Å². The van der Waals surface area contributed by atoms with Gasteiger partial charge in [-0.05, 0) is 58.0 Å². The molecule has 0 aromatic carbocycles. The SMILES string of the molecule is FC(F)F.O=C1CCc2c(ncnc2N2CCC(c3nc(C4CCC4)cn3CCN3CCCC3)CC2)N1. The molecule has 5 heterocycles. The molecule has 0 unspecified atom stereocenters. The van der Waals surface area contributed by atoms with E-state index >= 15 is 0 Å². The number of alkyl halides is 3. The Balaban J connectivity index is 0.000000655. The number of amides is 1. The minimum Gasteiger partial charge on any atom is -0.356 e. The van der Waals surface area contributed by atoms with E-state index in [4.69, 9.17) is 4.98 Å². The highest BCUT2D eigenvalue weighted by Gasteiger charge is 2.31. The molecule has 1 saturated carbocycles. The molecule has 8 nitrogen and oxygen atoms in total. The predicted molar refractivity (Wildman–Crippen MR) is 135 cm³/mol. The number of rotatable bonds is 6. The lowest BCUT2D eigenvalue weighted by Crippen LogP contribution is -2.36. The Labute approximate surface area is 215 Å². The summed E-state index contributed by atoms with van der Waals surface area (Å²) in [5.74, 6) is 4.25. The third kappa shape index (κ3) is 6.25. The van der Waals surface area contributed by atoms with Gasteiger partial charge in [-0.2, -0.15) is 13.2 Å². The summed E-state index contributed by atoms with van der Waals surface area (Å²) in [6.45, 7) is 2.99. The second kappa shape index (κ2) is 11.8. The number of fused-ring (bicyclic) bond motifs is 1. The number of imidazole rings is 1. The number of anilines is 2. The molecular weight excluding hydrogens is 483 g/mol. The maximum Gasteiger partial charge on any atom is 0.379 e. The quantitative estimate of drug-likeness (QED) is 0.606. The van der Waals surface area contributed by atoms with Crippen molar-refractivity contribution in [1.82, 2.24) is 24.4 Å². The molecule has 0 spiro atoms. The Bertz CT molecular complexity index is 1060. The van der Waals surface area contributed by atoms with Gasteiger partial charge >= 0.3 is 6.68 Å². The van der Waals surface area contributed by atoms with Gasteiger partial charge in [0.1, 0.15) is 23.8 Å². The molecule has 1 N–H and O–H groups in total. The molecule has 2 saturated heterocycles. The zero-order chi connectivity index (χ0) is 25.8. The highest BCUT2D eigenvalue weighted by atomic mass is 19.4. The van der Waals surface area contributed by atoms with Gasteiger partial charge in [-0.1, -0.05) is 6.42 Å². The maximum absolute atomic E-state index is 11.8. The number of carbonyl (C=O) groups is 1. The van der Waals surface area contributed by atoms with Crippen LogP contribution in [-0.2, 0) is 17.8 Å². The lowest BCUT2D eigenvalue weighted by atomic mass is 9.83. The van der Waals surface area contributed by atoms with E-state index in [9.17, 15) is 18.0 Å². The van der Waals surface area contributed by atoms with Crippen LogP contribution in [0.3, 0.4) is 0 Å². The monoisotopic (exact) mass is 519 g/mol. The number of aromatic nitrogens is 4. The fourth-order valence-electron chi connectivity index (χ4n) is 5.91. The van der Waals surface area contributed by atoms with E-state index in [-0.39, 0.29) is 5.91 Å². The summed E-state index contributed by atoms with van der Waals surface area (Å²) in [6.07, 6.45) is 14.0. The molecule has 11 heteroatoms. The summed E-state index contributed by atoms with van der Waals surface area (Å²) in [5, 5.41) is 2.91. The van der Waals surface area contributed by atoms with Crippen molar-refractivity contribution in [3.05, 3.63) is 29.6 Å². The number of hydrogen-bond donors (Lipinski definition) is 1. The van der Waals surface area contributed by atoms with E-state index in [1.54, 1.807) is 6.33 Å². The van der Waals surface area contributed by atoms with Crippen molar-refractivity contribution in [2.45, 2.75) is 82.8 Å². The maximum atomic E-state index is 11.8. The fraction of sp³-hybridized carbons (Fsp3) is 0.692. The Hall–Kier alpha value is -2.69. The fourth-order valence-corrected chi connectivity index (χ4v) is 5.91. The molecule has 3 aliphatic heterocycles. The lowest BCUT2D eigenvalue weighted by molar-refractivity contribution is -0.116. The summed E-state index contributed by atoms with van der Waals surface area (Å²) in [4.78, 5) is 30.9. The minimum absolute atomic E-state index is 0.0499. The largest absolute Gasteiger partial charge is 0.379 e. The van der Waals surface area contributed by atoms with Gasteiger partial charge in [-0.3, -0.25) is 4.79 Å².